The van der Waals surface area contributed by atoms with Crippen molar-refractivity contribution >= 4 is 23.4 Å². The van der Waals surface area contributed by atoms with Crippen LogP contribution in [0.4, 0.5) is 0 Å². The summed E-state index contributed by atoms with van der Waals surface area (Å²) in [7, 11) is 0. The summed E-state index contributed by atoms with van der Waals surface area (Å²) in [5, 5.41) is 0.525. The minimum Gasteiger partial charge on any atom is -0.460 e. The fourth-order valence-electron chi connectivity index (χ4n) is 2.23. The van der Waals surface area contributed by atoms with Gasteiger partial charge in [0.25, 0.3) is 5.78 Å². The Morgan fingerprint density at radius 3 is 2.50 bits per heavy atom. The van der Waals surface area contributed by atoms with E-state index in [1.807, 2.05) is 12.2 Å². The van der Waals surface area contributed by atoms with Gasteiger partial charge in [-0.1, -0.05) is 23.8 Å². The van der Waals surface area contributed by atoms with Crippen molar-refractivity contribution in [3.05, 3.63) is 22.8 Å². The SMILES string of the molecule is CCOC(=O)C(=O)C1=C(Cl)C2C=CC1CC2. The molecule has 0 N–H and O–H groups in total. The van der Waals surface area contributed by atoms with E-state index in [0.717, 1.165) is 12.8 Å². The van der Waals surface area contributed by atoms with Crippen molar-refractivity contribution in [3.8, 4) is 0 Å². The summed E-state index contributed by atoms with van der Waals surface area (Å²) in [6.07, 6.45) is 5.82. The average Bonchev–Trinajstić information content (AvgIpc) is 2.30. The Bertz CT molecular complexity index is 395. The number of rotatable bonds is 3. The summed E-state index contributed by atoms with van der Waals surface area (Å²) < 4.78 is 4.71. The lowest BCUT2D eigenvalue weighted by atomic mass is 9.75. The number of hydrogen-bond acceptors (Lipinski definition) is 3. The Hall–Kier alpha value is -1.09. The maximum Gasteiger partial charge on any atom is 0.379 e. The molecular formula is C12H13ClO3. The maximum absolute atomic E-state index is 11.8. The topological polar surface area (TPSA) is 43.4 Å². The molecule has 3 aliphatic carbocycles. The number of hydrogen-bond donors (Lipinski definition) is 0. The first-order valence-electron chi connectivity index (χ1n) is 5.44. The molecular weight excluding hydrogens is 228 g/mol. The van der Waals surface area contributed by atoms with E-state index in [4.69, 9.17) is 16.3 Å². The molecule has 86 valence electrons. The highest BCUT2D eigenvalue weighted by atomic mass is 35.5. The summed E-state index contributed by atoms with van der Waals surface area (Å²) in [6, 6.07) is 0. The number of ketones is 1. The van der Waals surface area contributed by atoms with Crippen molar-refractivity contribution in [2.24, 2.45) is 11.8 Å². The van der Waals surface area contributed by atoms with E-state index in [9.17, 15) is 9.59 Å². The van der Waals surface area contributed by atoms with E-state index >= 15 is 0 Å². The smallest absolute Gasteiger partial charge is 0.379 e. The molecule has 0 aromatic carbocycles. The van der Waals surface area contributed by atoms with Crippen LogP contribution in [0.2, 0.25) is 0 Å². The first-order chi connectivity index (χ1) is 7.65. The van der Waals surface area contributed by atoms with Gasteiger partial charge in [-0.3, -0.25) is 4.79 Å². The van der Waals surface area contributed by atoms with E-state index in [1.54, 1.807) is 6.92 Å². The molecule has 0 saturated carbocycles. The van der Waals surface area contributed by atoms with Crippen LogP contribution in [0.15, 0.2) is 22.8 Å². The van der Waals surface area contributed by atoms with Gasteiger partial charge in [0, 0.05) is 22.4 Å². The number of Topliss-reactive ketones (excluding diaryl/α,β-unsaturated/α-hetero) is 1. The third-order valence-electron chi connectivity index (χ3n) is 3.02. The number of halogens is 1. The Labute approximate surface area is 99.1 Å². The number of carbonyl (C=O) groups excluding carboxylic acids is 2. The monoisotopic (exact) mass is 240 g/mol. The van der Waals surface area contributed by atoms with Crippen molar-refractivity contribution in [2.75, 3.05) is 6.61 Å². The zero-order valence-electron chi connectivity index (χ0n) is 9.03. The molecule has 3 rings (SSSR count). The van der Waals surface area contributed by atoms with Gasteiger partial charge in [0.1, 0.15) is 0 Å². The predicted octanol–water partition coefficient (Wildman–Crippen LogP) is 2.21. The average molecular weight is 241 g/mol. The summed E-state index contributed by atoms with van der Waals surface area (Å²) in [4.78, 5) is 23.2. The third-order valence-corrected chi connectivity index (χ3v) is 3.51. The van der Waals surface area contributed by atoms with Crippen molar-refractivity contribution < 1.29 is 14.3 Å². The number of ether oxygens (including phenoxy) is 1. The second-order valence-corrected chi connectivity index (χ2v) is 4.39. The quantitative estimate of drug-likeness (QED) is 0.432. The van der Waals surface area contributed by atoms with Crippen LogP contribution in [0.3, 0.4) is 0 Å². The number of carbonyl (C=O) groups is 2. The molecule has 3 aliphatic rings. The van der Waals surface area contributed by atoms with Crippen molar-refractivity contribution in [1.82, 2.24) is 0 Å². The highest BCUT2D eigenvalue weighted by Crippen LogP contribution is 2.42. The molecule has 2 bridgehead atoms. The Morgan fingerprint density at radius 2 is 2.00 bits per heavy atom. The third kappa shape index (κ3) is 1.80. The predicted molar refractivity (Wildman–Crippen MR) is 59.9 cm³/mol. The highest BCUT2D eigenvalue weighted by Gasteiger charge is 2.36. The number of fused-ring (bicyclic) bond motifs is 1. The lowest BCUT2D eigenvalue weighted by Crippen LogP contribution is -2.30. The van der Waals surface area contributed by atoms with Crippen LogP contribution in [-0.2, 0) is 14.3 Å². The van der Waals surface area contributed by atoms with Crippen molar-refractivity contribution in [2.45, 2.75) is 19.8 Å². The van der Waals surface area contributed by atoms with Crippen LogP contribution in [0, 0.1) is 11.8 Å². The van der Waals surface area contributed by atoms with Gasteiger partial charge in [-0.2, -0.15) is 0 Å². The van der Waals surface area contributed by atoms with Crippen LogP contribution >= 0.6 is 11.6 Å². The summed E-state index contributed by atoms with van der Waals surface area (Å²) in [6.45, 7) is 1.88. The zero-order chi connectivity index (χ0) is 11.7. The van der Waals surface area contributed by atoms with Gasteiger partial charge in [0.2, 0.25) is 0 Å². The second-order valence-electron chi connectivity index (χ2n) is 3.99. The second kappa shape index (κ2) is 4.42. The molecule has 2 atom stereocenters. The van der Waals surface area contributed by atoms with Gasteiger partial charge < -0.3 is 4.74 Å². The largest absolute Gasteiger partial charge is 0.460 e. The van der Waals surface area contributed by atoms with E-state index < -0.39 is 11.8 Å². The number of allylic oxidation sites excluding steroid dienone is 3. The normalized spacial score (nSPS) is 27.1. The van der Waals surface area contributed by atoms with Gasteiger partial charge in [0.15, 0.2) is 0 Å². The van der Waals surface area contributed by atoms with Gasteiger partial charge in [0.05, 0.1) is 6.61 Å². The molecule has 2 unspecified atom stereocenters. The standard InChI is InChI=1S/C12H13ClO3/c1-2-16-12(15)11(14)9-7-3-5-8(6-4-7)10(9)13/h3,5,7-8H,2,4,6H2,1H3. The molecule has 0 aliphatic heterocycles. The van der Waals surface area contributed by atoms with Crippen LogP contribution in [0.25, 0.3) is 0 Å². The zero-order valence-corrected chi connectivity index (χ0v) is 9.79. The minimum atomic E-state index is -0.795. The summed E-state index contributed by atoms with van der Waals surface area (Å²) >= 11 is 6.12. The molecule has 0 amide bonds. The lowest BCUT2D eigenvalue weighted by Gasteiger charge is -2.31. The molecule has 3 nitrogen and oxygen atoms in total. The Balaban J connectivity index is 2.24. The van der Waals surface area contributed by atoms with E-state index in [0.29, 0.717) is 10.6 Å². The van der Waals surface area contributed by atoms with Crippen LogP contribution in [-0.4, -0.2) is 18.4 Å². The fraction of sp³-hybridized carbons (Fsp3) is 0.500. The van der Waals surface area contributed by atoms with Crippen LogP contribution < -0.4 is 0 Å². The van der Waals surface area contributed by atoms with Gasteiger partial charge in [-0.05, 0) is 19.8 Å². The first kappa shape index (κ1) is 11.4. The molecule has 0 spiro atoms. The summed E-state index contributed by atoms with van der Waals surface area (Å²) in [5.41, 5.74) is 0.443. The van der Waals surface area contributed by atoms with E-state index in [-0.39, 0.29) is 18.4 Å². The van der Waals surface area contributed by atoms with Gasteiger partial charge >= 0.3 is 5.97 Å². The van der Waals surface area contributed by atoms with Crippen LogP contribution in [0.5, 0.6) is 0 Å². The van der Waals surface area contributed by atoms with E-state index in [1.165, 1.54) is 0 Å². The summed E-state index contributed by atoms with van der Waals surface area (Å²) in [5.74, 6) is -1.27. The fourth-order valence-corrected chi connectivity index (χ4v) is 2.64. The molecule has 16 heavy (non-hydrogen) atoms. The molecule has 0 aromatic heterocycles. The molecule has 4 heteroatoms. The maximum atomic E-state index is 11.8. The van der Waals surface area contributed by atoms with Gasteiger partial charge in [-0.15, -0.1) is 0 Å². The van der Waals surface area contributed by atoms with E-state index in [2.05, 4.69) is 0 Å². The molecule has 0 radical (unpaired) electrons. The minimum absolute atomic E-state index is 0.00518. The van der Waals surface area contributed by atoms with Crippen molar-refractivity contribution in [1.29, 1.82) is 0 Å². The molecule has 0 fully saturated rings. The van der Waals surface area contributed by atoms with Gasteiger partial charge in [-0.25, -0.2) is 4.79 Å². The Kier molecular flexibility index (Phi) is 3.15. The molecule has 0 aromatic rings. The Morgan fingerprint density at radius 1 is 1.38 bits per heavy atom. The molecule has 0 saturated heterocycles. The van der Waals surface area contributed by atoms with Crippen LogP contribution in [0.1, 0.15) is 19.8 Å². The first-order valence-corrected chi connectivity index (χ1v) is 5.82. The number of esters is 1. The van der Waals surface area contributed by atoms with Crippen molar-refractivity contribution in [3.63, 3.8) is 0 Å². The molecule has 0 heterocycles. The highest BCUT2D eigenvalue weighted by molar-refractivity contribution is 6.44. The lowest BCUT2D eigenvalue weighted by molar-refractivity contribution is -0.152.